The van der Waals surface area contributed by atoms with E-state index in [1.807, 2.05) is 61.8 Å². The average molecular weight is 791 g/mol. The fourth-order valence-electron chi connectivity index (χ4n) is 6.10. The third-order valence-corrected chi connectivity index (χ3v) is 10.6. The number of hydrogen-bond donors (Lipinski definition) is 2. The number of non-ortho nitro benzene ring substituents is 2. The van der Waals surface area contributed by atoms with E-state index in [2.05, 4.69) is 0 Å². The fraction of sp³-hybridized carbons (Fsp3) is 0.231. The van der Waals surface area contributed by atoms with Crippen molar-refractivity contribution in [3.05, 3.63) is 163 Å². The molecule has 0 saturated carbocycles. The van der Waals surface area contributed by atoms with Crippen LogP contribution in [-0.4, -0.2) is 48.9 Å². The summed E-state index contributed by atoms with van der Waals surface area (Å²) in [5, 5.41) is 22.2. The van der Waals surface area contributed by atoms with Gasteiger partial charge < -0.3 is 9.80 Å². The third-order valence-electron chi connectivity index (χ3n) is 8.86. The minimum atomic E-state index is -4.99. The Kier molecular flexibility index (Phi) is 13.8. The molecule has 2 N–H and O–H groups in total. The molecule has 0 aliphatic carbocycles. The highest BCUT2D eigenvalue weighted by Crippen LogP contribution is 2.38. The lowest BCUT2D eigenvalue weighted by atomic mass is 9.85. The topological polar surface area (TPSA) is 201 Å². The molecular weight excluding hydrogens is 749 g/mol. The van der Waals surface area contributed by atoms with Crippen LogP contribution in [-0.2, 0) is 33.3 Å². The van der Waals surface area contributed by atoms with Crippen molar-refractivity contribution in [2.75, 3.05) is 22.9 Å². The van der Waals surface area contributed by atoms with Gasteiger partial charge in [0.1, 0.15) is 0 Å². The molecule has 0 fully saturated rings. The van der Waals surface area contributed by atoms with E-state index in [1.165, 1.54) is 30.3 Å². The van der Waals surface area contributed by atoms with Crippen LogP contribution in [0, 0.1) is 20.2 Å². The molecule has 0 aliphatic heterocycles. The Labute approximate surface area is 320 Å². The summed E-state index contributed by atoms with van der Waals surface area (Å²) in [6.07, 6.45) is 0. The molecule has 5 aromatic carbocycles. The number of anilines is 2. The first kappa shape index (κ1) is 42.1. The van der Waals surface area contributed by atoms with Crippen molar-refractivity contribution in [2.45, 2.75) is 56.5 Å². The van der Waals surface area contributed by atoms with E-state index in [-0.39, 0.29) is 16.9 Å². The highest BCUT2D eigenvalue weighted by atomic mass is 32.2. The quantitative estimate of drug-likeness (QED) is 0.0446. The number of rotatable bonds is 15. The van der Waals surface area contributed by atoms with Gasteiger partial charge in [0, 0.05) is 67.7 Å². The lowest BCUT2D eigenvalue weighted by Gasteiger charge is -2.26. The Bertz CT molecular complexity index is 2210. The SMILES string of the molecule is CC.CCN(Cc1ccc([N+](=O)[O-])cc1)c1ccc(C(c2ccc(N(CC)Cc3ccc([N+](=O)[O-])cc3)cc2)c2ccc(S(=O)(=O)O)cc2S(=O)(=O)O)cc1. The van der Waals surface area contributed by atoms with Crippen LogP contribution in [0.1, 0.15) is 61.4 Å². The van der Waals surface area contributed by atoms with Gasteiger partial charge in [-0.05, 0) is 78.1 Å². The van der Waals surface area contributed by atoms with E-state index >= 15 is 0 Å². The number of nitro groups is 2. The normalized spacial score (nSPS) is 11.4. The van der Waals surface area contributed by atoms with Crippen molar-refractivity contribution in [3.63, 3.8) is 0 Å². The van der Waals surface area contributed by atoms with Gasteiger partial charge in [-0.3, -0.25) is 29.3 Å². The summed E-state index contributed by atoms with van der Waals surface area (Å²) in [6.45, 7) is 10.0. The number of hydrogen-bond acceptors (Lipinski definition) is 10. The molecule has 0 aliphatic rings. The van der Waals surface area contributed by atoms with E-state index in [0.717, 1.165) is 34.6 Å². The summed E-state index contributed by atoms with van der Waals surface area (Å²) in [4.78, 5) is 23.9. The molecule has 0 heterocycles. The van der Waals surface area contributed by atoms with E-state index in [9.17, 15) is 46.2 Å². The maximum absolute atomic E-state index is 12.7. The maximum Gasteiger partial charge on any atom is 0.294 e. The highest BCUT2D eigenvalue weighted by Gasteiger charge is 2.28. The van der Waals surface area contributed by atoms with Gasteiger partial charge in [-0.15, -0.1) is 0 Å². The molecule has 0 spiro atoms. The van der Waals surface area contributed by atoms with Crippen LogP contribution >= 0.6 is 0 Å². The average Bonchev–Trinajstić information content (AvgIpc) is 3.17. The lowest BCUT2D eigenvalue weighted by molar-refractivity contribution is -0.385. The fourth-order valence-corrected chi connectivity index (χ4v) is 7.44. The van der Waals surface area contributed by atoms with Crippen LogP contribution in [0.3, 0.4) is 0 Å². The Morgan fingerprint density at radius 2 is 0.964 bits per heavy atom. The molecule has 0 radical (unpaired) electrons. The first-order valence-corrected chi connectivity index (χ1v) is 20.2. The van der Waals surface area contributed by atoms with E-state index in [0.29, 0.717) is 37.3 Å². The molecule has 0 unspecified atom stereocenters. The van der Waals surface area contributed by atoms with Crippen LogP contribution in [0.2, 0.25) is 0 Å². The Balaban J connectivity index is 0.00000331. The van der Waals surface area contributed by atoms with Crippen LogP contribution in [0.15, 0.2) is 125 Å². The molecule has 14 nitrogen and oxygen atoms in total. The molecular formula is C39H42N4O10S2. The molecule has 55 heavy (non-hydrogen) atoms. The van der Waals surface area contributed by atoms with Gasteiger partial charge >= 0.3 is 0 Å². The highest BCUT2D eigenvalue weighted by molar-refractivity contribution is 7.86. The summed E-state index contributed by atoms with van der Waals surface area (Å²) >= 11 is 0. The van der Waals surface area contributed by atoms with Crippen LogP contribution in [0.25, 0.3) is 0 Å². The van der Waals surface area contributed by atoms with Gasteiger partial charge in [-0.25, -0.2) is 0 Å². The van der Waals surface area contributed by atoms with Gasteiger partial charge in [0.05, 0.1) is 19.6 Å². The number of benzene rings is 5. The van der Waals surface area contributed by atoms with Crippen LogP contribution in [0.4, 0.5) is 22.7 Å². The van der Waals surface area contributed by atoms with E-state index in [1.54, 1.807) is 48.5 Å². The number of nitrogens with zero attached hydrogens (tertiary/aromatic N) is 4. The molecule has 0 amide bonds. The monoisotopic (exact) mass is 790 g/mol. The van der Waals surface area contributed by atoms with Crippen molar-refractivity contribution < 1.29 is 35.8 Å². The van der Waals surface area contributed by atoms with Crippen molar-refractivity contribution in [2.24, 2.45) is 0 Å². The molecule has 0 saturated heterocycles. The lowest BCUT2D eigenvalue weighted by Crippen LogP contribution is -2.22. The third kappa shape index (κ3) is 10.5. The Morgan fingerprint density at radius 1 is 0.582 bits per heavy atom. The number of nitro benzene ring substituents is 2. The maximum atomic E-state index is 12.7. The first-order valence-electron chi connectivity index (χ1n) is 17.3. The predicted molar refractivity (Wildman–Crippen MR) is 211 cm³/mol. The summed E-state index contributed by atoms with van der Waals surface area (Å²) in [5.74, 6) is -0.833. The molecule has 5 rings (SSSR count). The molecule has 5 aromatic rings. The molecule has 16 heteroatoms. The summed E-state index contributed by atoms with van der Waals surface area (Å²) in [5.41, 5.74) is 4.58. The van der Waals surface area contributed by atoms with Crippen molar-refractivity contribution in [1.29, 1.82) is 0 Å². The first-order chi connectivity index (χ1) is 26.1. The van der Waals surface area contributed by atoms with Crippen molar-refractivity contribution in [1.82, 2.24) is 0 Å². The van der Waals surface area contributed by atoms with Gasteiger partial charge in [-0.2, -0.15) is 16.8 Å². The predicted octanol–water partition coefficient (Wildman–Crippen LogP) is 8.26. The molecule has 0 bridgehead atoms. The second-order valence-corrected chi connectivity index (χ2v) is 15.0. The largest absolute Gasteiger partial charge is 0.367 e. The second-order valence-electron chi connectivity index (χ2n) is 12.1. The van der Waals surface area contributed by atoms with Crippen molar-refractivity contribution in [3.8, 4) is 0 Å². The molecule has 0 aromatic heterocycles. The van der Waals surface area contributed by atoms with Crippen LogP contribution in [0.5, 0.6) is 0 Å². The van der Waals surface area contributed by atoms with E-state index < -0.39 is 45.8 Å². The zero-order valence-corrected chi connectivity index (χ0v) is 32.3. The van der Waals surface area contributed by atoms with E-state index in [4.69, 9.17) is 0 Å². The van der Waals surface area contributed by atoms with Gasteiger partial charge in [-0.1, -0.05) is 68.4 Å². The minimum absolute atomic E-state index is 0.0130. The second kappa shape index (κ2) is 18.1. The van der Waals surface area contributed by atoms with Gasteiger partial charge in [0.15, 0.2) is 0 Å². The smallest absolute Gasteiger partial charge is 0.294 e. The zero-order valence-electron chi connectivity index (χ0n) is 30.6. The summed E-state index contributed by atoms with van der Waals surface area (Å²) in [6, 6.07) is 30.1. The Morgan fingerprint density at radius 3 is 1.27 bits per heavy atom. The Hall–Kier alpha value is -5.68. The minimum Gasteiger partial charge on any atom is -0.367 e. The molecule has 0 atom stereocenters. The molecule has 290 valence electrons. The van der Waals surface area contributed by atoms with Gasteiger partial charge in [0.2, 0.25) is 0 Å². The van der Waals surface area contributed by atoms with Gasteiger partial charge in [0.25, 0.3) is 31.6 Å². The summed E-state index contributed by atoms with van der Waals surface area (Å²) in [7, 11) is -9.80. The van der Waals surface area contributed by atoms with Crippen molar-refractivity contribution >= 4 is 43.0 Å². The summed E-state index contributed by atoms with van der Waals surface area (Å²) < 4.78 is 69.3. The van der Waals surface area contributed by atoms with Crippen LogP contribution < -0.4 is 9.80 Å². The standard InChI is InChI=1S/C37H36N4O10S2.C2H6/c1-3-38(24-26-5-13-32(14-6-26)40(42)43)30-17-9-28(10-18-30)37(35-22-21-34(52(46,47)48)23-36(35)53(49,50)51)29-11-19-31(20-12-29)39(4-2)25-27-7-15-33(16-8-27)41(44)45;1-2/h5-23,37H,3-4,24-25H2,1-2H3,(H,46,47,48)(H,49,50,51);1-2H3. The zero-order chi connectivity index (χ0) is 40.5.